The number of rotatable bonds is 3. The van der Waals surface area contributed by atoms with Crippen LogP contribution in [-0.4, -0.2) is 20.5 Å². The molecule has 304 valence electrons. The fraction of sp³-hybridized carbons (Fsp3) is 0.175. The Bertz CT molecular complexity index is 3460. The van der Waals surface area contributed by atoms with Crippen LogP contribution in [0.3, 0.4) is 0 Å². The molecule has 1 N–H and O–H groups in total. The molecule has 0 amide bonds. The average Bonchev–Trinajstić information content (AvgIpc) is 3.66. The molecule has 4 heterocycles. The van der Waals surface area contributed by atoms with Gasteiger partial charge < -0.3 is 5.32 Å². The highest BCUT2D eigenvalue weighted by Gasteiger charge is 2.39. The first-order valence-corrected chi connectivity index (χ1v) is 22.5. The summed E-state index contributed by atoms with van der Waals surface area (Å²) in [4.78, 5) is 19.1. The highest BCUT2D eigenvalue weighted by Crippen LogP contribution is 2.53. The largest absolute Gasteiger partial charge is 0.326 e. The van der Waals surface area contributed by atoms with E-state index in [2.05, 4.69) is 192 Å². The average molecular weight is 815 g/mol. The second-order valence-electron chi connectivity index (χ2n) is 18.3. The van der Waals surface area contributed by atoms with E-state index in [-0.39, 0.29) is 11.5 Å². The van der Waals surface area contributed by atoms with Crippen LogP contribution in [0.5, 0.6) is 0 Å². The summed E-state index contributed by atoms with van der Waals surface area (Å²) in [5, 5.41) is 9.82. The van der Waals surface area contributed by atoms with Crippen molar-refractivity contribution in [3.63, 3.8) is 0 Å². The molecule has 63 heavy (non-hydrogen) atoms. The van der Waals surface area contributed by atoms with Crippen LogP contribution >= 0.6 is 0 Å². The summed E-state index contributed by atoms with van der Waals surface area (Å²) in [6.45, 7) is 4.72. The SMILES string of the molecule is CC1(C)c2ccccc2N(c2nc(C3=CC=C4C=CCCC4C3)c3ccccc3n2)c2cc3c(cc21)c1ccccc1n3C1=NC(c2ccc3ccccc3c2)C2=C(C=CCC2)N1. The Hall–Kier alpha value is -7.31. The molecule has 2 atom stereocenters. The summed E-state index contributed by atoms with van der Waals surface area (Å²) in [6.07, 6.45) is 19.0. The summed E-state index contributed by atoms with van der Waals surface area (Å²) >= 11 is 0. The van der Waals surface area contributed by atoms with Gasteiger partial charge in [0.05, 0.1) is 33.6 Å². The molecule has 2 unspecified atom stereocenters. The van der Waals surface area contributed by atoms with Gasteiger partial charge in [-0.3, -0.25) is 9.47 Å². The zero-order valence-corrected chi connectivity index (χ0v) is 35.5. The number of benzene rings is 6. The van der Waals surface area contributed by atoms with E-state index in [0.717, 1.165) is 76.3 Å². The second-order valence-corrected chi connectivity index (χ2v) is 18.3. The molecule has 13 rings (SSSR count). The zero-order valence-electron chi connectivity index (χ0n) is 35.5. The van der Waals surface area contributed by atoms with E-state index in [9.17, 15) is 0 Å². The number of hydrogen-bond acceptors (Lipinski definition) is 5. The summed E-state index contributed by atoms with van der Waals surface area (Å²) < 4.78 is 2.36. The lowest BCUT2D eigenvalue weighted by atomic mass is 9.73. The topological polar surface area (TPSA) is 58.3 Å². The number of hydrogen-bond donors (Lipinski definition) is 1. The first-order valence-electron chi connectivity index (χ1n) is 22.5. The number of anilines is 3. The van der Waals surface area contributed by atoms with Crippen molar-refractivity contribution in [1.82, 2.24) is 19.9 Å². The van der Waals surface area contributed by atoms with Crippen LogP contribution in [0.2, 0.25) is 0 Å². The maximum absolute atomic E-state index is 5.69. The minimum Gasteiger partial charge on any atom is -0.326 e. The minimum absolute atomic E-state index is 0.115. The van der Waals surface area contributed by atoms with Crippen molar-refractivity contribution < 1.29 is 0 Å². The summed E-state index contributed by atoms with van der Waals surface area (Å²) in [6, 6.07) is 46.3. The van der Waals surface area contributed by atoms with Crippen molar-refractivity contribution in [1.29, 1.82) is 0 Å². The molecule has 6 nitrogen and oxygen atoms in total. The molecular formula is C57H46N6. The zero-order chi connectivity index (χ0) is 41.8. The van der Waals surface area contributed by atoms with Gasteiger partial charge >= 0.3 is 0 Å². The minimum atomic E-state index is -0.310. The molecule has 0 saturated carbocycles. The summed E-state index contributed by atoms with van der Waals surface area (Å²) in [5.74, 6) is 2.01. The Labute approximate surface area is 367 Å². The van der Waals surface area contributed by atoms with Crippen LogP contribution in [-0.2, 0) is 5.41 Å². The molecule has 0 spiro atoms. The van der Waals surface area contributed by atoms with Gasteiger partial charge in [0.1, 0.15) is 6.04 Å². The smallest absolute Gasteiger partial charge is 0.235 e. The lowest BCUT2D eigenvalue weighted by molar-refractivity contribution is 0.572. The Morgan fingerprint density at radius 3 is 2.41 bits per heavy atom. The van der Waals surface area contributed by atoms with Gasteiger partial charge in [-0.2, -0.15) is 0 Å². The third kappa shape index (κ3) is 5.60. The van der Waals surface area contributed by atoms with Crippen LogP contribution in [0.15, 0.2) is 186 Å². The third-order valence-electron chi connectivity index (χ3n) is 14.4. The molecule has 0 bridgehead atoms. The van der Waals surface area contributed by atoms with Crippen molar-refractivity contribution in [2.45, 2.75) is 57.4 Å². The van der Waals surface area contributed by atoms with Gasteiger partial charge in [0, 0.05) is 27.3 Å². The lowest BCUT2D eigenvalue weighted by Gasteiger charge is -2.41. The highest BCUT2D eigenvalue weighted by atomic mass is 15.3. The Morgan fingerprint density at radius 2 is 1.48 bits per heavy atom. The predicted molar refractivity (Wildman–Crippen MR) is 260 cm³/mol. The standard InChI is InChI=1S/C57H46N6/c1-57(2)45-22-10-14-26-50(45)63(56-59-48-24-12-8-21-43(48)54(61-56)40-30-28-36-16-4-6-18-38(36)32-40)52-34-51-44(33-46(52)57)41-19-9-13-25-49(41)62(51)55-58-47-23-11-7-20-42(47)53(60-55)39-29-27-35-15-3-5-17-37(35)31-39/h3-5,8-17,19,21-31,33-34,38,53H,6-7,18,20,32H2,1-2H3,(H,58,60). The quantitative estimate of drug-likeness (QED) is 0.193. The third-order valence-corrected chi connectivity index (χ3v) is 14.4. The fourth-order valence-electron chi connectivity index (χ4n) is 11.2. The van der Waals surface area contributed by atoms with E-state index >= 15 is 0 Å². The maximum atomic E-state index is 5.69. The number of aliphatic imine (C=N–C) groups is 1. The van der Waals surface area contributed by atoms with E-state index in [1.165, 1.54) is 61.4 Å². The molecule has 2 aliphatic heterocycles. The Morgan fingerprint density at radius 1 is 0.667 bits per heavy atom. The van der Waals surface area contributed by atoms with Crippen molar-refractivity contribution in [2.24, 2.45) is 10.9 Å². The molecule has 3 aliphatic carbocycles. The molecular weight excluding hydrogens is 769 g/mol. The van der Waals surface area contributed by atoms with Crippen molar-refractivity contribution in [3.05, 3.63) is 203 Å². The van der Waals surface area contributed by atoms with Gasteiger partial charge in [0.2, 0.25) is 11.9 Å². The number of nitrogens with zero attached hydrogens (tertiary/aromatic N) is 5. The van der Waals surface area contributed by atoms with Gasteiger partial charge in [0.15, 0.2) is 0 Å². The lowest BCUT2D eigenvalue weighted by Crippen LogP contribution is -2.35. The Balaban J connectivity index is 1.05. The first-order chi connectivity index (χ1) is 31.0. The number of aromatic nitrogens is 3. The monoisotopic (exact) mass is 814 g/mol. The van der Waals surface area contributed by atoms with Crippen LogP contribution in [0.4, 0.5) is 17.3 Å². The first kappa shape index (κ1) is 36.4. The van der Waals surface area contributed by atoms with Crippen LogP contribution in [0.1, 0.15) is 74.4 Å². The van der Waals surface area contributed by atoms with Crippen molar-refractivity contribution >= 4 is 72.3 Å². The number of fused-ring (bicyclic) bond motifs is 8. The number of nitrogens with one attached hydrogen (secondary N) is 1. The van der Waals surface area contributed by atoms with E-state index < -0.39 is 0 Å². The number of para-hydroxylation sites is 3. The summed E-state index contributed by atoms with van der Waals surface area (Å²) in [7, 11) is 0. The molecule has 0 fully saturated rings. The van der Waals surface area contributed by atoms with Crippen molar-refractivity contribution in [3.8, 4) is 0 Å². The van der Waals surface area contributed by atoms with Crippen LogP contribution in [0, 0.1) is 5.92 Å². The normalized spacial score (nSPS) is 19.9. The van der Waals surface area contributed by atoms with Gasteiger partial charge in [-0.25, -0.2) is 15.0 Å². The predicted octanol–water partition coefficient (Wildman–Crippen LogP) is 13.8. The van der Waals surface area contributed by atoms with Gasteiger partial charge in [-0.15, -0.1) is 0 Å². The van der Waals surface area contributed by atoms with Gasteiger partial charge in [0.25, 0.3) is 0 Å². The van der Waals surface area contributed by atoms with Gasteiger partial charge in [-0.1, -0.05) is 135 Å². The Kier molecular flexibility index (Phi) is 7.99. The number of allylic oxidation sites excluding steroid dienone is 8. The summed E-state index contributed by atoms with van der Waals surface area (Å²) in [5.41, 5.74) is 14.9. The van der Waals surface area contributed by atoms with E-state index in [4.69, 9.17) is 15.0 Å². The van der Waals surface area contributed by atoms with Crippen LogP contribution in [0.25, 0.3) is 49.1 Å². The van der Waals surface area contributed by atoms with E-state index in [0.29, 0.717) is 11.9 Å². The maximum Gasteiger partial charge on any atom is 0.235 e. The fourth-order valence-corrected chi connectivity index (χ4v) is 11.2. The van der Waals surface area contributed by atoms with E-state index in [1.54, 1.807) is 0 Å². The molecule has 0 radical (unpaired) electrons. The molecule has 6 aromatic carbocycles. The second kappa shape index (κ2) is 13.8. The van der Waals surface area contributed by atoms with Gasteiger partial charge in [-0.05, 0) is 125 Å². The molecule has 8 aromatic rings. The molecule has 5 aliphatic rings. The van der Waals surface area contributed by atoms with Crippen molar-refractivity contribution in [2.75, 3.05) is 4.90 Å². The molecule has 6 heteroatoms. The molecule has 0 saturated heterocycles. The molecule has 2 aromatic heterocycles. The van der Waals surface area contributed by atoms with Crippen LogP contribution < -0.4 is 10.2 Å². The highest BCUT2D eigenvalue weighted by molar-refractivity contribution is 6.16. The van der Waals surface area contributed by atoms with E-state index in [1.807, 2.05) is 0 Å².